The number of carbonyl (C=O) groups is 1. The van der Waals surface area contributed by atoms with E-state index in [1.165, 1.54) is 17.3 Å². The van der Waals surface area contributed by atoms with Gasteiger partial charge in [0.05, 0.1) is 10.8 Å². The predicted molar refractivity (Wildman–Crippen MR) is 120 cm³/mol. The number of hydrogen-bond acceptors (Lipinski definition) is 5. The van der Waals surface area contributed by atoms with E-state index in [9.17, 15) is 31.5 Å². The smallest absolute Gasteiger partial charge is 0.417 e. The average molecular weight is 498 g/mol. The van der Waals surface area contributed by atoms with Crippen molar-refractivity contribution >= 4 is 21.8 Å². The number of fused-ring (bicyclic) bond motifs is 1. The molecule has 2 aliphatic rings. The third-order valence-electron chi connectivity index (χ3n) is 6.96. The molecule has 0 spiro atoms. The van der Waals surface area contributed by atoms with Crippen LogP contribution in [-0.2, 0) is 32.8 Å². The van der Waals surface area contributed by atoms with Crippen molar-refractivity contribution < 1.29 is 31.5 Å². The largest absolute Gasteiger partial charge is 0.481 e. The van der Waals surface area contributed by atoms with Gasteiger partial charge in [0.25, 0.3) is 0 Å². The molecule has 0 bridgehead atoms. The molecule has 1 aromatic carbocycles. The number of alkyl halides is 3. The fourth-order valence-electron chi connectivity index (χ4n) is 5.32. The number of piperazine rings is 1. The minimum Gasteiger partial charge on any atom is -0.481 e. The zero-order valence-electron chi connectivity index (χ0n) is 19.0. The van der Waals surface area contributed by atoms with E-state index in [0.29, 0.717) is 16.9 Å². The van der Waals surface area contributed by atoms with Crippen molar-refractivity contribution in [2.75, 3.05) is 18.0 Å². The molecule has 2 unspecified atom stereocenters. The van der Waals surface area contributed by atoms with Crippen molar-refractivity contribution in [3.63, 3.8) is 0 Å². The number of aliphatic carboxylic acids is 1. The maximum atomic E-state index is 13.9. The maximum Gasteiger partial charge on any atom is 0.417 e. The Labute approximate surface area is 196 Å². The number of carboxylic acid groups (broad SMARTS) is 1. The molecule has 11 heteroatoms. The van der Waals surface area contributed by atoms with Crippen LogP contribution >= 0.6 is 0 Å². The molecular formula is C23H26F3N3O4S. The highest BCUT2D eigenvalue weighted by molar-refractivity contribution is 7.89. The normalized spacial score (nSPS) is 28.1. The first-order valence-electron chi connectivity index (χ1n) is 10.9. The molecule has 0 radical (unpaired) electrons. The van der Waals surface area contributed by atoms with Gasteiger partial charge in [-0.3, -0.25) is 4.79 Å². The summed E-state index contributed by atoms with van der Waals surface area (Å²) in [7, 11) is -4.06. The summed E-state index contributed by atoms with van der Waals surface area (Å²) in [5.41, 5.74) is -1.24. The van der Waals surface area contributed by atoms with E-state index in [-0.39, 0.29) is 19.5 Å². The van der Waals surface area contributed by atoms with Gasteiger partial charge in [-0.25, -0.2) is 13.4 Å². The summed E-state index contributed by atoms with van der Waals surface area (Å²) in [5, 5.41) is 8.90. The Balaban J connectivity index is 1.61. The Morgan fingerprint density at radius 1 is 1.12 bits per heavy atom. The summed E-state index contributed by atoms with van der Waals surface area (Å²) in [6, 6.07) is 8.04. The van der Waals surface area contributed by atoms with Gasteiger partial charge in [0.15, 0.2) is 0 Å². The first kappa shape index (κ1) is 24.5. The fraction of sp³-hybridized carbons (Fsp3) is 0.478. The quantitative estimate of drug-likeness (QED) is 0.697. The second-order valence-electron chi connectivity index (χ2n) is 9.24. The van der Waals surface area contributed by atoms with Crippen LogP contribution < -0.4 is 4.90 Å². The molecule has 2 aromatic rings. The molecule has 0 amide bonds. The molecule has 184 valence electrons. The minimum absolute atomic E-state index is 0.0986. The zero-order valence-corrected chi connectivity index (χ0v) is 19.8. The fourth-order valence-corrected chi connectivity index (χ4v) is 7.97. The van der Waals surface area contributed by atoms with Gasteiger partial charge in [0.1, 0.15) is 11.2 Å². The summed E-state index contributed by atoms with van der Waals surface area (Å²) < 4.78 is 67.8. The number of benzene rings is 1. The lowest BCUT2D eigenvalue weighted by Gasteiger charge is -2.46. The van der Waals surface area contributed by atoms with Gasteiger partial charge in [0.2, 0.25) is 10.0 Å². The summed E-state index contributed by atoms with van der Waals surface area (Å²) in [5.74, 6) is -0.869. The second-order valence-corrected chi connectivity index (χ2v) is 11.3. The molecule has 0 saturated carbocycles. The van der Waals surface area contributed by atoms with Crippen molar-refractivity contribution in [1.82, 2.24) is 9.29 Å². The van der Waals surface area contributed by atoms with E-state index in [2.05, 4.69) is 4.98 Å². The SMILES string of the molecule is CC1CN(c2ccc(C(F)(F)F)cn2)CC(C)N1S(=O)(=O)[C@H]1Cc2ccccc2[C@@]1(C)C(=O)O. The maximum absolute atomic E-state index is 13.9. The van der Waals surface area contributed by atoms with Gasteiger partial charge in [-0.05, 0) is 50.5 Å². The van der Waals surface area contributed by atoms with Crippen LogP contribution in [0, 0.1) is 0 Å². The highest BCUT2D eigenvalue weighted by Gasteiger charge is 2.57. The Bertz CT molecular complexity index is 1190. The van der Waals surface area contributed by atoms with Crippen LogP contribution in [0.3, 0.4) is 0 Å². The van der Waals surface area contributed by atoms with E-state index in [1.807, 2.05) is 0 Å². The van der Waals surface area contributed by atoms with Crippen molar-refractivity contribution in [2.24, 2.45) is 0 Å². The molecule has 7 nitrogen and oxygen atoms in total. The van der Waals surface area contributed by atoms with Crippen LogP contribution in [0.2, 0.25) is 0 Å². The highest BCUT2D eigenvalue weighted by Crippen LogP contribution is 2.44. The van der Waals surface area contributed by atoms with E-state index >= 15 is 0 Å². The minimum atomic E-state index is -4.49. The zero-order chi connectivity index (χ0) is 25.1. The third kappa shape index (κ3) is 3.84. The third-order valence-corrected chi connectivity index (χ3v) is 9.63. The number of carboxylic acids is 1. The number of hydrogen-bond donors (Lipinski definition) is 1. The van der Waals surface area contributed by atoms with E-state index in [4.69, 9.17) is 0 Å². The van der Waals surface area contributed by atoms with Gasteiger partial charge in [-0.2, -0.15) is 17.5 Å². The Morgan fingerprint density at radius 3 is 2.26 bits per heavy atom. The number of aromatic nitrogens is 1. The van der Waals surface area contributed by atoms with Crippen molar-refractivity contribution in [3.8, 4) is 0 Å². The molecule has 1 aliphatic heterocycles. The first-order valence-corrected chi connectivity index (χ1v) is 12.4. The first-order chi connectivity index (χ1) is 15.8. The van der Waals surface area contributed by atoms with Gasteiger partial charge in [-0.1, -0.05) is 24.3 Å². The van der Waals surface area contributed by atoms with Crippen LogP contribution in [0.4, 0.5) is 19.0 Å². The number of nitrogens with zero attached hydrogens (tertiary/aromatic N) is 3. The summed E-state index contributed by atoms with van der Waals surface area (Å²) in [6.07, 6.45) is -3.63. The van der Waals surface area contributed by atoms with E-state index in [0.717, 1.165) is 12.3 Å². The lowest BCUT2D eigenvalue weighted by Crippen LogP contribution is -2.62. The van der Waals surface area contributed by atoms with Crippen LogP contribution in [0.5, 0.6) is 0 Å². The standard InChI is InChI=1S/C23H26F3N3O4S/c1-14-12-28(20-9-8-17(11-27-20)23(24,25)26)13-15(2)29(14)34(32,33)19-10-16-6-4-5-7-18(16)22(19,3)21(30)31/h4-9,11,14-15,19H,10,12-13H2,1-3H3,(H,30,31)/t14?,15?,19-,22+/m0/s1. The number of pyridine rings is 1. The van der Waals surface area contributed by atoms with Crippen molar-refractivity contribution in [3.05, 3.63) is 59.3 Å². The molecule has 1 aromatic heterocycles. The summed E-state index contributed by atoms with van der Waals surface area (Å²) in [4.78, 5) is 18.0. The molecule has 4 atom stereocenters. The highest BCUT2D eigenvalue weighted by atomic mass is 32.2. The van der Waals surface area contributed by atoms with Gasteiger partial charge >= 0.3 is 12.1 Å². The molecular weight excluding hydrogens is 471 g/mol. The van der Waals surface area contributed by atoms with Crippen LogP contribution in [0.1, 0.15) is 37.5 Å². The van der Waals surface area contributed by atoms with Gasteiger partial charge < -0.3 is 10.0 Å². The Kier molecular flexibility index (Phi) is 5.92. The molecule has 34 heavy (non-hydrogen) atoms. The van der Waals surface area contributed by atoms with Gasteiger partial charge in [0, 0.05) is 31.4 Å². The van der Waals surface area contributed by atoms with Crippen LogP contribution in [0.25, 0.3) is 0 Å². The summed E-state index contributed by atoms with van der Waals surface area (Å²) in [6.45, 7) is 5.31. The van der Waals surface area contributed by atoms with Crippen LogP contribution in [0.15, 0.2) is 42.6 Å². The van der Waals surface area contributed by atoms with Crippen molar-refractivity contribution in [2.45, 2.75) is 56.1 Å². The summed E-state index contributed by atoms with van der Waals surface area (Å²) >= 11 is 0. The lowest BCUT2D eigenvalue weighted by molar-refractivity contribution is -0.143. The predicted octanol–water partition coefficient (Wildman–Crippen LogP) is 3.30. The molecule has 4 rings (SSSR count). The van der Waals surface area contributed by atoms with E-state index in [1.54, 1.807) is 43.0 Å². The number of anilines is 1. The molecule has 1 N–H and O–H groups in total. The van der Waals surface area contributed by atoms with Crippen LogP contribution in [-0.4, -0.2) is 59.2 Å². The van der Waals surface area contributed by atoms with Crippen molar-refractivity contribution in [1.29, 1.82) is 0 Å². The number of rotatable bonds is 4. The molecule has 1 fully saturated rings. The van der Waals surface area contributed by atoms with Gasteiger partial charge in [-0.15, -0.1) is 0 Å². The molecule has 2 heterocycles. The topological polar surface area (TPSA) is 90.8 Å². The molecule has 1 saturated heterocycles. The molecule has 1 aliphatic carbocycles. The second kappa shape index (κ2) is 8.23. The average Bonchev–Trinajstić information content (AvgIpc) is 3.07. The monoisotopic (exact) mass is 497 g/mol. The number of halogens is 3. The lowest BCUT2D eigenvalue weighted by atomic mass is 9.84. The Hall–Kier alpha value is -2.66. The van der Waals surface area contributed by atoms with E-state index < -0.39 is 50.5 Å². The number of sulfonamides is 1. The Morgan fingerprint density at radius 2 is 1.74 bits per heavy atom.